The van der Waals surface area contributed by atoms with E-state index in [4.69, 9.17) is 5.11 Å². The molecule has 1 aromatic carbocycles. The van der Waals surface area contributed by atoms with Gasteiger partial charge in [-0.25, -0.2) is 13.2 Å². The van der Waals surface area contributed by atoms with Crippen LogP contribution < -0.4 is 0 Å². The molecule has 0 aromatic heterocycles. The Kier molecular flexibility index (Phi) is 3.94. The molecule has 0 amide bonds. The standard InChI is InChI=1S/C12H14BrNO5S/c1-12(17)4-5-14(7-12)20(18,19)8-2-3-10(13)9(6-8)11(15)16/h2-3,6,17H,4-5,7H2,1H3,(H,15,16). The number of sulfonamides is 1. The van der Waals surface area contributed by atoms with Crippen LogP contribution in [-0.4, -0.2) is 47.6 Å². The molecule has 0 bridgehead atoms. The van der Waals surface area contributed by atoms with Crippen LogP contribution in [0.2, 0.25) is 0 Å². The van der Waals surface area contributed by atoms with Gasteiger partial charge < -0.3 is 10.2 Å². The third-order valence-electron chi connectivity index (χ3n) is 3.22. The second-order valence-electron chi connectivity index (χ2n) is 5.03. The second-order valence-corrected chi connectivity index (χ2v) is 7.82. The zero-order chi connectivity index (χ0) is 15.1. The van der Waals surface area contributed by atoms with Gasteiger partial charge in [-0.3, -0.25) is 0 Å². The molecular formula is C12H14BrNO5S. The van der Waals surface area contributed by atoms with Crippen LogP contribution in [0.5, 0.6) is 0 Å². The third kappa shape index (κ3) is 2.88. The molecule has 1 fully saturated rings. The molecule has 2 rings (SSSR count). The van der Waals surface area contributed by atoms with E-state index in [9.17, 15) is 18.3 Å². The number of rotatable bonds is 3. The number of carboxylic acid groups (broad SMARTS) is 1. The van der Waals surface area contributed by atoms with Crippen molar-refractivity contribution in [2.45, 2.75) is 23.8 Å². The Bertz CT molecular complexity index is 656. The van der Waals surface area contributed by atoms with Crippen LogP contribution in [0.25, 0.3) is 0 Å². The molecule has 0 saturated carbocycles. The van der Waals surface area contributed by atoms with Gasteiger partial charge in [-0.1, -0.05) is 0 Å². The fourth-order valence-electron chi connectivity index (χ4n) is 2.09. The van der Waals surface area contributed by atoms with Crippen molar-refractivity contribution < 1.29 is 23.4 Å². The molecule has 1 unspecified atom stereocenters. The fourth-order valence-corrected chi connectivity index (χ4v) is 4.09. The first-order chi connectivity index (χ1) is 9.13. The molecule has 6 nitrogen and oxygen atoms in total. The van der Waals surface area contributed by atoms with Crippen LogP contribution in [0, 0.1) is 0 Å². The quantitative estimate of drug-likeness (QED) is 0.843. The van der Waals surface area contributed by atoms with E-state index in [1.165, 1.54) is 16.4 Å². The normalized spacial score (nSPS) is 23.9. The summed E-state index contributed by atoms with van der Waals surface area (Å²) >= 11 is 3.07. The molecule has 1 atom stereocenters. The number of hydrogen-bond acceptors (Lipinski definition) is 4. The highest BCUT2D eigenvalue weighted by Gasteiger charge is 2.38. The van der Waals surface area contributed by atoms with Crippen LogP contribution in [0.1, 0.15) is 23.7 Å². The van der Waals surface area contributed by atoms with Crippen LogP contribution in [-0.2, 0) is 10.0 Å². The van der Waals surface area contributed by atoms with E-state index in [0.717, 1.165) is 6.07 Å². The van der Waals surface area contributed by atoms with Crippen molar-refractivity contribution in [2.24, 2.45) is 0 Å². The summed E-state index contributed by atoms with van der Waals surface area (Å²) in [4.78, 5) is 11.0. The van der Waals surface area contributed by atoms with Crippen molar-refractivity contribution in [3.05, 3.63) is 28.2 Å². The first kappa shape index (κ1) is 15.4. The summed E-state index contributed by atoms with van der Waals surface area (Å²) in [5, 5.41) is 18.9. The van der Waals surface area contributed by atoms with Crippen LogP contribution in [0.15, 0.2) is 27.6 Å². The summed E-state index contributed by atoms with van der Waals surface area (Å²) < 4.78 is 26.3. The van der Waals surface area contributed by atoms with Crippen molar-refractivity contribution >= 4 is 31.9 Å². The van der Waals surface area contributed by atoms with E-state index < -0.39 is 21.6 Å². The van der Waals surface area contributed by atoms with Crippen LogP contribution in [0.4, 0.5) is 0 Å². The summed E-state index contributed by atoms with van der Waals surface area (Å²) in [6.45, 7) is 1.80. The van der Waals surface area contributed by atoms with Gasteiger partial charge in [0.2, 0.25) is 10.0 Å². The Balaban J connectivity index is 2.41. The van der Waals surface area contributed by atoms with Gasteiger partial charge in [0.1, 0.15) is 0 Å². The number of aromatic carboxylic acids is 1. The molecule has 1 heterocycles. The molecule has 1 aliphatic rings. The van der Waals surface area contributed by atoms with Crippen LogP contribution in [0.3, 0.4) is 0 Å². The number of nitrogens with zero attached hydrogens (tertiary/aromatic N) is 1. The number of β-amino-alcohol motifs (C(OH)–C–C–N with tert-alkyl or cyclic N) is 1. The molecular weight excluding hydrogens is 350 g/mol. The lowest BCUT2D eigenvalue weighted by Gasteiger charge is -2.19. The molecule has 110 valence electrons. The maximum Gasteiger partial charge on any atom is 0.336 e. The summed E-state index contributed by atoms with van der Waals surface area (Å²) in [5.74, 6) is -1.21. The molecule has 2 N–H and O–H groups in total. The summed E-state index contributed by atoms with van der Waals surface area (Å²) in [6, 6.07) is 3.86. The Morgan fingerprint density at radius 3 is 2.60 bits per heavy atom. The Morgan fingerprint density at radius 1 is 1.45 bits per heavy atom. The zero-order valence-corrected chi connectivity index (χ0v) is 13.1. The average molecular weight is 364 g/mol. The van der Waals surface area contributed by atoms with E-state index in [2.05, 4.69) is 15.9 Å². The van der Waals surface area contributed by atoms with Crippen molar-refractivity contribution in [3.8, 4) is 0 Å². The molecule has 0 spiro atoms. The lowest BCUT2D eigenvalue weighted by Crippen LogP contribution is -2.34. The van der Waals surface area contributed by atoms with Gasteiger partial charge in [0.15, 0.2) is 0 Å². The minimum atomic E-state index is -3.79. The van der Waals surface area contributed by atoms with Gasteiger partial charge in [-0.15, -0.1) is 0 Å². The Labute approximate surface area is 125 Å². The van der Waals surface area contributed by atoms with Gasteiger partial charge in [0.05, 0.1) is 16.1 Å². The van der Waals surface area contributed by atoms with Crippen molar-refractivity contribution in [2.75, 3.05) is 13.1 Å². The van der Waals surface area contributed by atoms with E-state index in [1.54, 1.807) is 6.92 Å². The maximum atomic E-state index is 12.4. The summed E-state index contributed by atoms with van der Waals surface area (Å²) in [6.07, 6.45) is 0.356. The third-order valence-corrected chi connectivity index (χ3v) is 5.76. The predicted molar refractivity (Wildman–Crippen MR) is 75.1 cm³/mol. The molecule has 1 aromatic rings. The maximum absolute atomic E-state index is 12.4. The van der Waals surface area contributed by atoms with Crippen molar-refractivity contribution in [1.82, 2.24) is 4.31 Å². The molecule has 1 aliphatic heterocycles. The SMILES string of the molecule is CC1(O)CCN(S(=O)(=O)c2ccc(Br)c(C(=O)O)c2)C1. The van der Waals surface area contributed by atoms with Crippen LogP contribution >= 0.6 is 15.9 Å². The number of halogens is 1. The lowest BCUT2D eigenvalue weighted by molar-refractivity contribution is 0.0694. The first-order valence-electron chi connectivity index (χ1n) is 5.89. The summed E-state index contributed by atoms with van der Waals surface area (Å²) in [7, 11) is -3.79. The highest BCUT2D eigenvalue weighted by molar-refractivity contribution is 9.10. The lowest BCUT2D eigenvalue weighted by atomic mass is 10.1. The minimum Gasteiger partial charge on any atom is -0.478 e. The van der Waals surface area contributed by atoms with E-state index >= 15 is 0 Å². The summed E-state index contributed by atoms with van der Waals surface area (Å²) in [5.41, 5.74) is -1.16. The molecule has 0 radical (unpaired) electrons. The van der Waals surface area contributed by atoms with Gasteiger partial charge in [0.25, 0.3) is 0 Å². The number of carbonyl (C=O) groups is 1. The number of hydrogen-bond donors (Lipinski definition) is 2. The zero-order valence-electron chi connectivity index (χ0n) is 10.7. The van der Waals surface area contributed by atoms with E-state index in [1.807, 2.05) is 0 Å². The Hall–Kier alpha value is -0.960. The molecule has 8 heteroatoms. The number of aliphatic hydroxyl groups is 1. The Morgan fingerprint density at radius 2 is 2.10 bits per heavy atom. The van der Waals surface area contributed by atoms with Crippen molar-refractivity contribution in [3.63, 3.8) is 0 Å². The minimum absolute atomic E-state index is 0.00774. The first-order valence-corrected chi connectivity index (χ1v) is 8.12. The van der Waals surface area contributed by atoms with Crippen molar-refractivity contribution in [1.29, 1.82) is 0 Å². The topological polar surface area (TPSA) is 94.9 Å². The van der Waals surface area contributed by atoms with Gasteiger partial charge in [0, 0.05) is 17.6 Å². The molecule has 20 heavy (non-hydrogen) atoms. The van der Waals surface area contributed by atoms with Gasteiger partial charge in [-0.2, -0.15) is 4.31 Å². The highest BCUT2D eigenvalue weighted by atomic mass is 79.9. The number of carboxylic acids is 1. The largest absolute Gasteiger partial charge is 0.478 e. The second kappa shape index (κ2) is 5.10. The molecule has 1 saturated heterocycles. The van der Waals surface area contributed by atoms with E-state index in [-0.39, 0.29) is 23.5 Å². The van der Waals surface area contributed by atoms with Gasteiger partial charge >= 0.3 is 5.97 Å². The highest BCUT2D eigenvalue weighted by Crippen LogP contribution is 2.28. The predicted octanol–water partition coefficient (Wildman–Crippen LogP) is 1.29. The number of benzene rings is 1. The smallest absolute Gasteiger partial charge is 0.336 e. The van der Waals surface area contributed by atoms with E-state index in [0.29, 0.717) is 10.9 Å². The van der Waals surface area contributed by atoms with Gasteiger partial charge in [-0.05, 0) is 47.5 Å². The fraction of sp³-hybridized carbons (Fsp3) is 0.417. The monoisotopic (exact) mass is 363 g/mol. The molecule has 0 aliphatic carbocycles. The average Bonchev–Trinajstić information content (AvgIpc) is 2.70.